The van der Waals surface area contributed by atoms with Crippen LogP contribution in [-0.4, -0.2) is 39.3 Å². The van der Waals surface area contributed by atoms with Gasteiger partial charge in [-0.25, -0.2) is 4.99 Å². The Morgan fingerprint density at radius 1 is 1.21 bits per heavy atom. The monoisotopic (exact) mass is 569 g/mol. The largest absolute Gasteiger partial charge is 0.466 e. The third-order valence-electron chi connectivity index (χ3n) is 6.06. The minimum absolute atomic E-state index is 0.00297. The summed E-state index contributed by atoms with van der Waals surface area (Å²) in [6.07, 6.45) is -12.3. The highest BCUT2D eigenvalue weighted by Crippen LogP contribution is 2.49. The van der Waals surface area contributed by atoms with Gasteiger partial charge < -0.3 is 10.1 Å². The summed E-state index contributed by atoms with van der Waals surface area (Å²) in [5.41, 5.74) is -6.98. The van der Waals surface area contributed by atoms with Crippen LogP contribution in [0, 0.1) is 11.3 Å². The normalized spacial score (nSPS) is 20.9. The molecule has 1 N–H and O–H groups in total. The van der Waals surface area contributed by atoms with Crippen molar-refractivity contribution >= 4 is 23.4 Å². The maximum Gasteiger partial charge on any atom is 0.459 e. The lowest BCUT2D eigenvalue weighted by Gasteiger charge is -2.20. The van der Waals surface area contributed by atoms with Crippen LogP contribution >= 0.6 is 11.6 Å². The van der Waals surface area contributed by atoms with E-state index < -0.39 is 64.7 Å². The standard InChI is InChI=1S/C22H16ClF8N5O2/c1-9-15(10-3-4-12(23)11(7-10)17(37)34-19(8-32)5-6-19)38-18(33-9)14-13(21(26,27)28)16(35-36(14)2)20(24,25)22(29,30)31/h3-4,7,9,15H,5-6H2,1-2H3,(H,34,37). The molecule has 2 unspecified atom stereocenters. The molecule has 0 spiro atoms. The van der Waals surface area contributed by atoms with E-state index in [1.807, 2.05) is 6.07 Å². The molecule has 2 heterocycles. The molecule has 1 fully saturated rings. The third-order valence-corrected chi connectivity index (χ3v) is 6.39. The van der Waals surface area contributed by atoms with E-state index in [2.05, 4.69) is 15.4 Å². The summed E-state index contributed by atoms with van der Waals surface area (Å²) in [7, 11) is 0.748. The zero-order chi connectivity index (χ0) is 28.4. The lowest BCUT2D eigenvalue weighted by molar-refractivity contribution is -0.292. The molecule has 1 aromatic heterocycles. The van der Waals surface area contributed by atoms with E-state index in [9.17, 15) is 45.2 Å². The molecule has 2 atom stereocenters. The molecule has 0 bridgehead atoms. The zero-order valence-corrected chi connectivity index (χ0v) is 20.1. The number of carbonyl (C=O) groups excluding carboxylic acids is 1. The van der Waals surface area contributed by atoms with Crippen LogP contribution in [0.2, 0.25) is 5.02 Å². The fourth-order valence-corrected chi connectivity index (χ4v) is 4.13. The van der Waals surface area contributed by atoms with E-state index >= 15 is 0 Å². The molecule has 1 amide bonds. The van der Waals surface area contributed by atoms with E-state index in [4.69, 9.17) is 16.3 Å². The Bertz CT molecular complexity index is 1370. The van der Waals surface area contributed by atoms with Crippen molar-refractivity contribution in [1.82, 2.24) is 15.1 Å². The number of aliphatic imine (C=N–C) groups is 1. The van der Waals surface area contributed by atoms with Gasteiger partial charge in [-0.15, -0.1) is 0 Å². The van der Waals surface area contributed by atoms with Gasteiger partial charge in [0.15, 0.2) is 5.69 Å². The van der Waals surface area contributed by atoms with Crippen molar-refractivity contribution < 1.29 is 44.7 Å². The Hall–Kier alpha value is -3.41. The Kier molecular flexibility index (Phi) is 6.41. The lowest BCUT2D eigenvalue weighted by Crippen LogP contribution is -2.36. The van der Waals surface area contributed by atoms with Gasteiger partial charge in [0.25, 0.3) is 5.91 Å². The van der Waals surface area contributed by atoms with Crippen LogP contribution in [0.5, 0.6) is 0 Å². The molecular formula is C22H16ClF8N5O2. The van der Waals surface area contributed by atoms with Gasteiger partial charge in [0.1, 0.15) is 22.9 Å². The van der Waals surface area contributed by atoms with Crippen molar-refractivity contribution in [2.75, 3.05) is 0 Å². The van der Waals surface area contributed by atoms with Crippen LogP contribution in [0.1, 0.15) is 58.7 Å². The van der Waals surface area contributed by atoms with Crippen LogP contribution in [0.4, 0.5) is 35.1 Å². The summed E-state index contributed by atoms with van der Waals surface area (Å²) in [5, 5.41) is 14.6. The number of benzene rings is 1. The van der Waals surface area contributed by atoms with Crippen LogP contribution in [0.25, 0.3) is 0 Å². The van der Waals surface area contributed by atoms with Crippen molar-refractivity contribution in [3.8, 4) is 6.07 Å². The number of aryl methyl sites for hydroxylation is 1. The predicted octanol–water partition coefficient (Wildman–Crippen LogP) is 5.44. The zero-order valence-electron chi connectivity index (χ0n) is 19.3. The highest BCUT2D eigenvalue weighted by atomic mass is 35.5. The van der Waals surface area contributed by atoms with Crippen molar-refractivity contribution in [3.05, 3.63) is 51.3 Å². The Labute approximate surface area is 214 Å². The average molecular weight is 570 g/mol. The minimum Gasteiger partial charge on any atom is -0.466 e. The number of nitrogens with one attached hydrogen (secondary N) is 1. The van der Waals surface area contributed by atoms with Crippen molar-refractivity contribution in [1.29, 1.82) is 5.26 Å². The highest BCUT2D eigenvalue weighted by molar-refractivity contribution is 6.33. The molecular weight excluding hydrogens is 554 g/mol. The van der Waals surface area contributed by atoms with E-state index in [-0.39, 0.29) is 20.8 Å². The molecule has 2 aromatic rings. The number of nitriles is 1. The van der Waals surface area contributed by atoms with E-state index in [1.54, 1.807) is 0 Å². The molecule has 0 radical (unpaired) electrons. The molecule has 16 heteroatoms. The lowest BCUT2D eigenvalue weighted by atomic mass is 10.0. The highest BCUT2D eigenvalue weighted by Gasteiger charge is 2.64. The number of nitrogens with zero attached hydrogens (tertiary/aromatic N) is 4. The van der Waals surface area contributed by atoms with Gasteiger partial charge in [-0.05, 0) is 37.5 Å². The molecule has 2 aliphatic rings. The first kappa shape index (κ1) is 27.6. The molecule has 0 saturated heterocycles. The number of carbonyl (C=O) groups is 1. The van der Waals surface area contributed by atoms with E-state index in [0.29, 0.717) is 12.8 Å². The fraction of sp³-hybridized carbons (Fsp3) is 0.455. The van der Waals surface area contributed by atoms with Gasteiger partial charge in [0.2, 0.25) is 5.90 Å². The first-order valence-electron chi connectivity index (χ1n) is 10.8. The first-order valence-corrected chi connectivity index (χ1v) is 11.2. The van der Waals surface area contributed by atoms with Crippen molar-refractivity contribution in [3.63, 3.8) is 0 Å². The second kappa shape index (κ2) is 8.82. The van der Waals surface area contributed by atoms with Crippen LogP contribution < -0.4 is 5.32 Å². The Morgan fingerprint density at radius 2 is 1.84 bits per heavy atom. The minimum atomic E-state index is -6.35. The molecule has 1 aliphatic heterocycles. The predicted molar refractivity (Wildman–Crippen MR) is 114 cm³/mol. The molecule has 1 saturated carbocycles. The maximum atomic E-state index is 14.0. The SMILES string of the molecule is CC1N=C(c2c(C(F)(F)F)c(C(F)(F)C(F)(F)F)nn2C)OC1c1ccc(Cl)c(C(=O)NC2(C#N)CC2)c1. The van der Waals surface area contributed by atoms with Crippen LogP contribution in [0.3, 0.4) is 0 Å². The van der Waals surface area contributed by atoms with Gasteiger partial charge >= 0.3 is 18.3 Å². The number of ether oxygens (including phenoxy) is 1. The second-order valence-corrected chi connectivity index (χ2v) is 9.27. The number of halogens is 9. The average Bonchev–Trinajstić information content (AvgIpc) is 3.31. The van der Waals surface area contributed by atoms with Crippen LogP contribution in [-0.2, 0) is 23.9 Å². The van der Waals surface area contributed by atoms with E-state index in [0.717, 1.165) is 7.05 Å². The summed E-state index contributed by atoms with van der Waals surface area (Å²) < 4.78 is 114. The number of hydrogen-bond acceptors (Lipinski definition) is 5. The quantitative estimate of drug-likeness (QED) is 0.486. The molecule has 7 nitrogen and oxygen atoms in total. The summed E-state index contributed by atoms with van der Waals surface area (Å²) >= 11 is 6.11. The number of aromatic nitrogens is 2. The molecule has 204 valence electrons. The maximum absolute atomic E-state index is 14.0. The van der Waals surface area contributed by atoms with Gasteiger partial charge in [0, 0.05) is 7.05 Å². The van der Waals surface area contributed by atoms with Gasteiger partial charge in [-0.1, -0.05) is 17.7 Å². The number of rotatable bonds is 5. The Balaban J connectivity index is 1.70. The summed E-state index contributed by atoms with van der Waals surface area (Å²) in [5.74, 6) is -7.47. The summed E-state index contributed by atoms with van der Waals surface area (Å²) in [6.45, 7) is 1.40. The topological polar surface area (TPSA) is 92.3 Å². The molecule has 1 aliphatic carbocycles. The first-order chi connectivity index (χ1) is 17.4. The third kappa shape index (κ3) is 4.65. The van der Waals surface area contributed by atoms with Crippen molar-refractivity contribution in [2.24, 2.45) is 12.0 Å². The number of hydrogen-bond donors (Lipinski definition) is 1. The van der Waals surface area contributed by atoms with Gasteiger partial charge in [0.05, 0.1) is 22.7 Å². The van der Waals surface area contributed by atoms with Gasteiger partial charge in [-0.2, -0.15) is 45.5 Å². The van der Waals surface area contributed by atoms with Gasteiger partial charge in [-0.3, -0.25) is 9.48 Å². The molecule has 4 rings (SSSR count). The van der Waals surface area contributed by atoms with Crippen LogP contribution in [0.15, 0.2) is 23.2 Å². The molecule has 38 heavy (non-hydrogen) atoms. The summed E-state index contributed by atoms with van der Waals surface area (Å²) in [6, 6.07) is 4.97. The summed E-state index contributed by atoms with van der Waals surface area (Å²) in [4.78, 5) is 16.6. The molecule has 1 aromatic carbocycles. The fourth-order valence-electron chi connectivity index (χ4n) is 3.93. The van der Waals surface area contributed by atoms with E-state index in [1.165, 1.54) is 25.1 Å². The second-order valence-electron chi connectivity index (χ2n) is 8.87. The smallest absolute Gasteiger partial charge is 0.459 e. The van der Waals surface area contributed by atoms with Crippen molar-refractivity contribution in [2.45, 2.75) is 55.7 Å². The Morgan fingerprint density at radius 3 is 2.37 bits per heavy atom. The number of amides is 1. The number of alkyl halides is 8.